The van der Waals surface area contributed by atoms with Crippen molar-refractivity contribution in [2.24, 2.45) is 5.73 Å². The molecule has 0 saturated carbocycles. The lowest BCUT2D eigenvalue weighted by Crippen LogP contribution is -2.50. The van der Waals surface area contributed by atoms with Gasteiger partial charge in [-0.1, -0.05) is 0 Å². The first-order valence-corrected chi connectivity index (χ1v) is 9.11. The fourth-order valence-electron chi connectivity index (χ4n) is 1.94. The van der Waals surface area contributed by atoms with Crippen LogP contribution in [0.5, 0.6) is 0 Å². The SMILES string of the molecule is CC1CS(=O)(=O)CCN1S(=O)(=O)CCCCN. The molecule has 1 heterocycles. The summed E-state index contributed by atoms with van der Waals surface area (Å²) in [5, 5.41) is 0. The molecule has 0 aliphatic carbocycles. The molecule has 1 aliphatic rings. The van der Waals surface area contributed by atoms with Gasteiger partial charge in [-0.15, -0.1) is 0 Å². The molecule has 102 valence electrons. The molecule has 0 amide bonds. The van der Waals surface area contributed by atoms with Crippen LogP contribution < -0.4 is 5.73 Å². The van der Waals surface area contributed by atoms with Crippen molar-refractivity contribution in [3.8, 4) is 0 Å². The number of unbranched alkanes of at least 4 members (excludes halogenated alkanes) is 1. The lowest BCUT2D eigenvalue weighted by atomic mass is 10.3. The van der Waals surface area contributed by atoms with Gasteiger partial charge in [0.15, 0.2) is 9.84 Å². The molecule has 2 N–H and O–H groups in total. The van der Waals surface area contributed by atoms with Gasteiger partial charge in [-0.05, 0) is 26.3 Å². The number of sulfonamides is 1. The molecule has 17 heavy (non-hydrogen) atoms. The van der Waals surface area contributed by atoms with Crippen molar-refractivity contribution in [3.63, 3.8) is 0 Å². The monoisotopic (exact) mass is 284 g/mol. The lowest BCUT2D eigenvalue weighted by Gasteiger charge is -2.32. The van der Waals surface area contributed by atoms with Crippen molar-refractivity contribution in [1.82, 2.24) is 4.31 Å². The van der Waals surface area contributed by atoms with E-state index in [1.807, 2.05) is 0 Å². The second kappa shape index (κ2) is 5.64. The van der Waals surface area contributed by atoms with Crippen LogP contribution in [0.3, 0.4) is 0 Å². The molecule has 1 rings (SSSR count). The number of hydrogen-bond donors (Lipinski definition) is 1. The molecule has 0 aromatic rings. The third-order valence-electron chi connectivity index (χ3n) is 2.82. The molecule has 1 atom stereocenters. The van der Waals surface area contributed by atoms with E-state index >= 15 is 0 Å². The molecule has 6 nitrogen and oxygen atoms in total. The Bertz CT molecular complexity index is 444. The summed E-state index contributed by atoms with van der Waals surface area (Å²) in [6.45, 7) is 2.19. The predicted molar refractivity (Wildman–Crippen MR) is 66.9 cm³/mol. The predicted octanol–water partition coefficient (Wildman–Crippen LogP) is -0.826. The summed E-state index contributed by atoms with van der Waals surface area (Å²) in [5.74, 6) is -0.106. The van der Waals surface area contributed by atoms with Gasteiger partial charge >= 0.3 is 0 Å². The molecular formula is C9H20N2O4S2. The molecule has 1 saturated heterocycles. The quantitative estimate of drug-likeness (QED) is 0.665. The van der Waals surface area contributed by atoms with E-state index in [1.54, 1.807) is 6.92 Å². The Hall–Kier alpha value is -0.180. The van der Waals surface area contributed by atoms with Crippen LogP contribution >= 0.6 is 0 Å². The van der Waals surface area contributed by atoms with E-state index < -0.39 is 25.9 Å². The van der Waals surface area contributed by atoms with Gasteiger partial charge in [0.2, 0.25) is 10.0 Å². The summed E-state index contributed by atoms with van der Waals surface area (Å²) in [6, 6.07) is -0.461. The molecule has 0 bridgehead atoms. The fourth-order valence-corrected chi connectivity index (χ4v) is 5.50. The first kappa shape index (κ1) is 14.9. The van der Waals surface area contributed by atoms with Crippen LogP contribution in [-0.2, 0) is 19.9 Å². The lowest BCUT2D eigenvalue weighted by molar-refractivity contribution is 0.356. The second-order valence-electron chi connectivity index (χ2n) is 4.39. The van der Waals surface area contributed by atoms with Gasteiger partial charge in [0.25, 0.3) is 0 Å². The largest absolute Gasteiger partial charge is 0.330 e. The van der Waals surface area contributed by atoms with E-state index in [2.05, 4.69) is 0 Å². The highest BCUT2D eigenvalue weighted by Crippen LogP contribution is 2.16. The van der Waals surface area contributed by atoms with E-state index in [-0.39, 0.29) is 23.8 Å². The molecule has 1 unspecified atom stereocenters. The van der Waals surface area contributed by atoms with E-state index in [9.17, 15) is 16.8 Å². The number of hydrogen-bond acceptors (Lipinski definition) is 5. The van der Waals surface area contributed by atoms with Crippen LogP contribution in [0.15, 0.2) is 0 Å². The molecule has 0 aromatic heterocycles. The van der Waals surface area contributed by atoms with E-state index in [0.29, 0.717) is 19.4 Å². The standard InChI is InChI=1S/C9H20N2O4S2/c1-9-8-16(12,13)7-5-11(9)17(14,15)6-3-2-4-10/h9H,2-8,10H2,1H3. The summed E-state index contributed by atoms with van der Waals surface area (Å²) in [5.41, 5.74) is 5.31. The zero-order valence-corrected chi connectivity index (χ0v) is 11.6. The minimum absolute atomic E-state index is 0.0502. The van der Waals surface area contributed by atoms with Gasteiger partial charge in [-0.25, -0.2) is 16.8 Å². The van der Waals surface area contributed by atoms with Crippen LogP contribution in [0.2, 0.25) is 0 Å². The third-order valence-corrected chi connectivity index (χ3v) is 6.68. The van der Waals surface area contributed by atoms with Crippen LogP contribution in [-0.4, -0.2) is 57.5 Å². The van der Waals surface area contributed by atoms with Crippen molar-refractivity contribution in [2.45, 2.75) is 25.8 Å². The maximum absolute atomic E-state index is 12.0. The van der Waals surface area contributed by atoms with E-state index in [4.69, 9.17) is 5.73 Å². The summed E-state index contributed by atoms with van der Waals surface area (Å²) in [6.07, 6.45) is 1.19. The number of nitrogens with zero attached hydrogens (tertiary/aromatic N) is 1. The van der Waals surface area contributed by atoms with Crippen LogP contribution in [0.25, 0.3) is 0 Å². The third kappa shape index (κ3) is 4.20. The fraction of sp³-hybridized carbons (Fsp3) is 1.00. The Morgan fingerprint density at radius 1 is 1.35 bits per heavy atom. The Kier molecular flexibility index (Phi) is 4.94. The Morgan fingerprint density at radius 3 is 2.53 bits per heavy atom. The Morgan fingerprint density at radius 2 is 2.00 bits per heavy atom. The highest BCUT2D eigenvalue weighted by atomic mass is 32.2. The van der Waals surface area contributed by atoms with Gasteiger partial charge in [-0.3, -0.25) is 0 Å². The van der Waals surface area contributed by atoms with Crippen molar-refractivity contribution in [2.75, 3.05) is 30.3 Å². The minimum Gasteiger partial charge on any atom is -0.330 e. The molecule has 0 spiro atoms. The van der Waals surface area contributed by atoms with Crippen molar-refractivity contribution in [1.29, 1.82) is 0 Å². The molecule has 0 radical (unpaired) electrons. The summed E-state index contributed by atoms with van der Waals surface area (Å²) >= 11 is 0. The maximum atomic E-state index is 12.0. The second-order valence-corrected chi connectivity index (χ2v) is 8.66. The van der Waals surface area contributed by atoms with Crippen LogP contribution in [0, 0.1) is 0 Å². The average Bonchev–Trinajstić information content (AvgIpc) is 2.15. The Balaban J connectivity index is 2.67. The number of nitrogens with two attached hydrogens (primary N) is 1. The topological polar surface area (TPSA) is 97.5 Å². The van der Waals surface area contributed by atoms with Crippen LogP contribution in [0.4, 0.5) is 0 Å². The van der Waals surface area contributed by atoms with Crippen molar-refractivity contribution < 1.29 is 16.8 Å². The maximum Gasteiger partial charge on any atom is 0.214 e. The number of rotatable bonds is 5. The zero-order chi connectivity index (χ0) is 13.1. The van der Waals surface area contributed by atoms with Gasteiger partial charge < -0.3 is 5.73 Å². The van der Waals surface area contributed by atoms with Crippen molar-refractivity contribution >= 4 is 19.9 Å². The zero-order valence-electron chi connectivity index (χ0n) is 10.0. The van der Waals surface area contributed by atoms with Gasteiger partial charge in [0, 0.05) is 12.6 Å². The molecular weight excluding hydrogens is 264 g/mol. The van der Waals surface area contributed by atoms with Gasteiger partial charge in [-0.2, -0.15) is 4.31 Å². The van der Waals surface area contributed by atoms with Gasteiger partial charge in [0.1, 0.15) is 0 Å². The summed E-state index contributed by atoms with van der Waals surface area (Å²) in [4.78, 5) is 0. The van der Waals surface area contributed by atoms with Gasteiger partial charge in [0.05, 0.1) is 17.3 Å². The Labute approximate surface area is 103 Å². The summed E-state index contributed by atoms with van der Waals surface area (Å²) in [7, 11) is -6.42. The summed E-state index contributed by atoms with van der Waals surface area (Å²) < 4.78 is 48.0. The van der Waals surface area contributed by atoms with E-state index in [0.717, 1.165) is 0 Å². The average molecular weight is 284 g/mol. The molecule has 8 heteroatoms. The molecule has 1 fully saturated rings. The highest BCUT2D eigenvalue weighted by molar-refractivity contribution is 7.92. The van der Waals surface area contributed by atoms with Crippen LogP contribution in [0.1, 0.15) is 19.8 Å². The normalized spacial score (nSPS) is 25.9. The first-order valence-electron chi connectivity index (χ1n) is 5.68. The number of sulfone groups is 1. The molecule has 1 aliphatic heterocycles. The highest BCUT2D eigenvalue weighted by Gasteiger charge is 2.34. The molecule has 0 aromatic carbocycles. The minimum atomic E-state index is -3.34. The smallest absolute Gasteiger partial charge is 0.214 e. The van der Waals surface area contributed by atoms with E-state index in [1.165, 1.54) is 4.31 Å². The first-order chi connectivity index (χ1) is 7.78. The van der Waals surface area contributed by atoms with Crippen molar-refractivity contribution in [3.05, 3.63) is 0 Å².